The molecule has 0 spiro atoms. The SMILES string of the molecule is Cc1ccc(S(=O)(=O)N(CCCO)C(C)C)cc1. The maximum absolute atomic E-state index is 12.4. The Morgan fingerprint density at radius 3 is 2.22 bits per heavy atom. The van der Waals surface area contributed by atoms with Crippen molar-refractivity contribution in [3.63, 3.8) is 0 Å². The normalized spacial score (nSPS) is 12.3. The van der Waals surface area contributed by atoms with Crippen molar-refractivity contribution in [2.24, 2.45) is 0 Å². The molecule has 0 fully saturated rings. The lowest BCUT2D eigenvalue weighted by atomic mass is 10.2. The minimum atomic E-state index is -3.47. The van der Waals surface area contributed by atoms with Crippen molar-refractivity contribution < 1.29 is 13.5 Å². The summed E-state index contributed by atoms with van der Waals surface area (Å²) in [6.45, 7) is 5.92. The van der Waals surface area contributed by atoms with Crippen LogP contribution in [-0.4, -0.2) is 37.0 Å². The molecular weight excluding hydrogens is 250 g/mol. The van der Waals surface area contributed by atoms with E-state index in [1.807, 2.05) is 20.8 Å². The highest BCUT2D eigenvalue weighted by Crippen LogP contribution is 2.18. The lowest BCUT2D eigenvalue weighted by molar-refractivity contribution is 0.258. The maximum Gasteiger partial charge on any atom is 0.243 e. The van der Waals surface area contributed by atoms with Crippen molar-refractivity contribution in [3.05, 3.63) is 29.8 Å². The summed E-state index contributed by atoms with van der Waals surface area (Å²) in [6.07, 6.45) is 0.448. The highest BCUT2D eigenvalue weighted by molar-refractivity contribution is 7.89. The molecule has 0 heterocycles. The molecular formula is C13H21NO3S. The molecule has 0 aliphatic carbocycles. The Hall–Kier alpha value is -0.910. The Balaban J connectivity index is 3.05. The molecule has 0 amide bonds. The van der Waals surface area contributed by atoms with Gasteiger partial charge in [-0.1, -0.05) is 17.7 Å². The van der Waals surface area contributed by atoms with Gasteiger partial charge in [-0.05, 0) is 39.3 Å². The van der Waals surface area contributed by atoms with E-state index in [2.05, 4.69) is 0 Å². The Bertz CT molecular complexity index is 466. The molecule has 18 heavy (non-hydrogen) atoms. The number of aryl methyl sites for hydroxylation is 1. The number of hydrogen-bond acceptors (Lipinski definition) is 3. The molecule has 0 saturated carbocycles. The van der Waals surface area contributed by atoms with Crippen LogP contribution in [0.1, 0.15) is 25.8 Å². The Morgan fingerprint density at radius 2 is 1.78 bits per heavy atom. The largest absolute Gasteiger partial charge is 0.396 e. The summed E-state index contributed by atoms with van der Waals surface area (Å²) in [5.74, 6) is 0. The second kappa shape index (κ2) is 6.31. The van der Waals surface area contributed by atoms with Crippen molar-refractivity contribution in [1.29, 1.82) is 0 Å². The molecule has 1 aromatic carbocycles. The van der Waals surface area contributed by atoms with Crippen LogP contribution < -0.4 is 0 Å². The first-order valence-electron chi connectivity index (χ1n) is 6.09. The number of rotatable bonds is 6. The van der Waals surface area contributed by atoms with Gasteiger partial charge in [0.15, 0.2) is 0 Å². The van der Waals surface area contributed by atoms with Crippen LogP contribution in [0.15, 0.2) is 29.2 Å². The molecule has 0 saturated heterocycles. The summed E-state index contributed by atoms with van der Waals surface area (Å²) in [5.41, 5.74) is 1.03. The van der Waals surface area contributed by atoms with Gasteiger partial charge in [-0.3, -0.25) is 0 Å². The molecule has 4 nitrogen and oxygen atoms in total. The smallest absolute Gasteiger partial charge is 0.243 e. The zero-order valence-corrected chi connectivity index (χ0v) is 11.9. The minimum Gasteiger partial charge on any atom is -0.396 e. The van der Waals surface area contributed by atoms with E-state index in [4.69, 9.17) is 5.11 Å². The summed E-state index contributed by atoms with van der Waals surface area (Å²) in [7, 11) is -3.47. The highest BCUT2D eigenvalue weighted by atomic mass is 32.2. The zero-order chi connectivity index (χ0) is 13.8. The zero-order valence-electron chi connectivity index (χ0n) is 11.1. The monoisotopic (exact) mass is 271 g/mol. The predicted molar refractivity (Wildman–Crippen MR) is 71.9 cm³/mol. The second-order valence-electron chi connectivity index (χ2n) is 4.60. The van der Waals surface area contributed by atoms with Crippen molar-refractivity contribution in [2.45, 2.75) is 38.1 Å². The fourth-order valence-corrected chi connectivity index (χ4v) is 3.40. The van der Waals surface area contributed by atoms with Crippen molar-refractivity contribution in [2.75, 3.05) is 13.2 Å². The number of sulfonamides is 1. The summed E-state index contributed by atoms with van der Waals surface area (Å²) < 4.78 is 26.3. The average molecular weight is 271 g/mol. The fourth-order valence-electron chi connectivity index (χ4n) is 1.73. The summed E-state index contributed by atoms with van der Waals surface area (Å²) in [6, 6.07) is 6.70. The van der Waals surface area contributed by atoms with E-state index in [0.717, 1.165) is 5.56 Å². The maximum atomic E-state index is 12.4. The van der Waals surface area contributed by atoms with Crippen LogP contribution in [-0.2, 0) is 10.0 Å². The predicted octanol–water partition coefficient (Wildman–Crippen LogP) is 1.78. The van der Waals surface area contributed by atoms with Crippen molar-refractivity contribution in [1.82, 2.24) is 4.31 Å². The van der Waals surface area contributed by atoms with Crippen LogP contribution in [0, 0.1) is 6.92 Å². The van der Waals surface area contributed by atoms with E-state index < -0.39 is 10.0 Å². The molecule has 0 aliphatic heterocycles. The molecule has 102 valence electrons. The molecule has 5 heteroatoms. The summed E-state index contributed by atoms with van der Waals surface area (Å²) >= 11 is 0. The molecule has 0 unspecified atom stereocenters. The van der Waals surface area contributed by atoms with E-state index in [1.54, 1.807) is 24.3 Å². The summed E-state index contributed by atoms with van der Waals surface area (Å²) in [4.78, 5) is 0.305. The topological polar surface area (TPSA) is 57.6 Å². The molecule has 0 bridgehead atoms. The molecule has 0 radical (unpaired) electrons. The first-order valence-corrected chi connectivity index (χ1v) is 7.53. The van der Waals surface area contributed by atoms with Crippen molar-refractivity contribution in [3.8, 4) is 0 Å². The number of aliphatic hydroxyl groups is 1. The highest BCUT2D eigenvalue weighted by Gasteiger charge is 2.26. The van der Waals surface area contributed by atoms with Crippen LogP contribution in [0.2, 0.25) is 0 Å². The van der Waals surface area contributed by atoms with Crippen LogP contribution in [0.4, 0.5) is 0 Å². The van der Waals surface area contributed by atoms with Gasteiger partial charge < -0.3 is 5.11 Å². The number of hydrogen-bond donors (Lipinski definition) is 1. The third kappa shape index (κ3) is 3.54. The van der Waals surface area contributed by atoms with E-state index in [9.17, 15) is 8.42 Å². The lowest BCUT2D eigenvalue weighted by Gasteiger charge is -2.25. The van der Waals surface area contributed by atoms with Gasteiger partial charge in [0.1, 0.15) is 0 Å². The second-order valence-corrected chi connectivity index (χ2v) is 6.49. The Labute approximate surface area is 109 Å². The first-order chi connectivity index (χ1) is 8.39. The molecule has 1 N–H and O–H groups in total. The molecule has 0 aliphatic rings. The van der Waals surface area contributed by atoms with Crippen LogP contribution in [0.5, 0.6) is 0 Å². The minimum absolute atomic E-state index is 0.00730. The van der Waals surface area contributed by atoms with Gasteiger partial charge in [0.2, 0.25) is 10.0 Å². The standard InChI is InChI=1S/C13H21NO3S/c1-11(2)14(9-4-10-15)18(16,17)13-7-5-12(3)6-8-13/h5-8,11,15H,4,9-10H2,1-3H3. The van der Waals surface area contributed by atoms with E-state index >= 15 is 0 Å². The Kier molecular flexibility index (Phi) is 5.31. The number of nitrogens with zero attached hydrogens (tertiary/aromatic N) is 1. The van der Waals surface area contributed by atoms with Gasteiger partial charge in [-0.2, -0.15) is 4.31 Å². The van der Waals surface area contributed by atoms with Gasteiger partial charge in [-0.25, -0.2) is 8.42 Å². The van der Waals surface area contributed by atoms with Crippen LogP contribution in [0.3, 0.4) is 0 Å². The van der Waals surface area contributed by atoms with E-state index in [-0.39, 0.29) is 12.6 Å². The first kappa shape index (κ1) is 15.1. The third-order valence-electron chi connectivity index (χ3n) is 2.74. The van der Waals surface area contributed by atoms with Crippen LogP contribution >= 0.6 is 0 Å². The number of aliphatic hydroxyl groups excluding tert-OH is 1. The quantitative estimate of drug-likeness (QED) is 0.858. The van der Waals surface area contributed by atoms with Gasteiger partial charge in [-0.15, -0.1) is 0 Å². The number of benzene rings is 1. The third-order valence-corrected chi connectivity index (χ3v) is 4.83. The van der Waals surface area contributed by atoms with Gasteiger partial charge in [0.25, 0.3) is 0 Å². The Morgan fingerprint density at radius 1 is 1.22 bits per heavy atom. The van der Waals surface area contributed by atoms with Crippen molar-refractivity contribution >= 4 is 10.0 Å². The van der Waals surface area contributed by atoms with Crippen LogP contribution in [0.25, 0.3) is 0 Å². The molecule has 1 aromatic rings. The fraction of sp³-hybridized carbons (Fsp3) is 0.538. The lowest BCUT2D eigenvalue weighted by Crippen LogP contribution is -2.38. The van der Waals surface area contributed by atoms with E-state index in [1.165, 1.54) is 4.31 Å². The van der Waals surface area contributed by atoms with Gasteiger partial charge >= 0.3 is 0 Å². The average Bonchev–Trinajstić information content (AvgIpc) is 2.29. The van der Waals surface area contributed by atoms with E-state index in [0.29, 0.717) is 17.9 Å². The molecule has 1 rings (SSSR count). The molecule has 0 atom stereocenters. The summed E-state index contributed by atoms with van der Waals surface area (Å²) in [5, 5.41) is 8.85. The van der Waals surface area contributed by atoms with Gasteiger partial charge in [0.05, 0.1) is 4.90 Å². The molecule has 0 aromatic heterocycles. The van der Waals surface area contributed by atoms with Gasteiger partial charge in [0, 0.05) is 19.2 Å².